The lowest BCUT2D eigenvalue weighted by Gasteiger charge is -2.26. The summed E-state index contributed by atoms with van der Waals surface area (Å²) in [5.41, 5.74) is -1.60. The first-order valence-electron chi connectivity index (χ1n) is 5.19. The number of methoxy groups -OCH3 is 1. The molecule has 1 amide bonds. The van der Waals surface area contributed by atoms with Gasteiger partial charge in [-0.05, 0) is 5.41 Å². The van der Waals surface area contributed by atoms with E-state index in [0.29, 0.717) is 0 Å². The van der Waals surface area contributed by atoms with Gasteiger partial charge in [0, 0.05) is 2.74 Å². The molecular formula is C8H15NO4. The van der Waals surface area contributed by atoms with Crippen LogP contribution in [0.2, 0.25) is 0 Å². The van der Waals surface area contributed by atoms with E-state index >= 15 is 0 Å². The Bertz CT molecular complexity index is 295. The molecule has 0 aromatic rings. The monoisotopic (exact) mass is 192 g/mol. The van der Waals surface area contributed by atoms with Gasteiger partial charge in [-0.15, -0.1) is 0 Å². The van der Waals surface area contributed by atoms with Crippen molar-refractivity contribution in [3.63, 3.8) is 0 Å². The van der Waals surface area contributed by atoms with Gasteiger partial charge in [0.25, 0.3) is 0 Å². The van der Waals surface area contributed by atoms with Gasteiger partial charge < -0.3 is 15.2 Å². The van der Waals surface area contributed by atoms with E-state index in [1.165, 1.54) is 13.8 Å². The SMILES string of the molecule is [2H]C([2H])C(C)(C)[C@]([2H])(NC(=O)OC)C(=O)O. The Morgan fingerprint density at radius 3 is 2.54 bits per heavy atom. The van der Waals surface area contributed by atoms with E-state index in [2.05, 4.69) is 4.74 Å². The lowest BCUT2D eigenvalue weighted by molar-refractivity contribution is -0.142. The first-order valence-corrected chi connectivity index (χ1v) is 3.53. The molecule has 0 aliphatic heterocycles. The van der Waals surface area contributed by atoms with Crippen molar-refractivity contribution in [2.45, 2.75) is 26.7 Å². The number of nitrogens with one attached hydrogen (secondary N) is 1. The number of hydrogen-bond acceptors (Lipinski definition) is 3. The number of ether oxygens (including phenoxy) is 1. The molecule has 0 heterocycles. The Morgan fingerprint density at radius 2 is 2.23 bits per heavy atom. The molecule has 0 bridgehead atoms. The lowest BCUT2D eigenvalue weighted by atomic mass is 9.87. The Hall–Kier alpha value is -1.26. The number of amides is 1. The van der Waals surface area contributed by atoms with E-state index in [1.54, 1.807) is 0 Å². The van der Waals surface area contributed by atoms with Crippen LogP contribution in [0.3, 0.4) is 0 Å². The van der Waals surface area contributed by atoms with Crippen LogP contribution in [0.1, 0.15) is 24.8 Å². The van der Waals surface area contributed by atoms with Gasteiger partial charge >= 0.3 is 12.1 Å². The molecule has 1 atom stereocenters. The highest BCUT2D eigenvalue weighted by Crippen LogP contribution is 2.19. The molecule has 0 aliphatic rings. The fourth-order valence-corrected chi connectivity index (χ4v) is 0.643. The standard InChI is InChI=1S/C8H15NO4/c1-8(2,3)5(6(10)11)9-7(12)13-4/h5H,1-4H3,(H,9,12)(H,10,11)/t5-/m1/s1/i1D2,5D. The molecule has 0 radical (unpaired) electrons. The highest BCUT2D eigenvalue weighted by molar-refractivity contribution is 5.80. The third-order valence-corrected chi connectivity index (χ3v) is 1.27. The zero-order valence-electron chi connectivity index (χ0n) is 10.7. The van der Waals surface area contributed by atoms with E-state index in [1.807, 2.05) is 5.32 Å². The minimum Gasteiger partial charge on any atom is -0.480 e. The van der Waals surface area contributed by atoms with Crippen LogP contribution in [0.15, 0.2) is 0 Å². The molecule has 0 unspecified atom stereocenters. The molecule has 0 fully saturated rings. The van der Waals surface area contributed by atoms with E-state index in [4.69, 9.17) is 9.22 Å². The van der Waals surface area contributed by atoms with Crippen molar-refractivity contribution in [1.29, 1.82) is 0 Å². The molecule has 76 valence electrons. The number of carboxylic acid groups (broad SMARTS) is 1. The fraction of sp³-hybridized carbons (Fsp3) is 0.750. The van der Waals surface area contributed by atoms with Crippen molar-refractivity contribution in [3.8, 4) is 0 Å². The molecule has 5 nitrogen and oxygen atoms in total. The molecule has 0 rings (SSSR count). The number of rotatable bonds is 2. The zero-order valence-corrected chi connectivity index (χ0v) is 7.75. The summed E-state index contributed by atoms with van der Waals surface area (Å²) >= 11 is 0. The average Bonchev–Trinajstić information content (AvgIpc) is 2.16. The van der Waals surface area contributed by atoms with Gasteiger partial charge in [0.05, 0.1) is 8.48 Å². The molecule has 0 aliphatic carbocycles. The molecule has 13 heavy (non-hydrogen) atoms. The number of carboxylic acids is 1. The highest BCUT2D eigenvalue weighted by atomic mass is 16.5. The van der Waals surface area contributed by atoms with E-state index in [-0.39, 0.29) is 0 Å². The van der Waals surface area contributed by atoms with Crippen LogP contribution >= 0.6 is 0 Å². The predicted molar refractivity (Wildman–Crippen MR) is 46.4 cm³/mol. The Morgan fingerprint density at radius 1 is 1.69 bits per heavy atom. The van der Waals surface area contributed by atoms with Crippen LogP contribution in [-0.4, -0.2) is 30.3 Å². The second-order valence-electron chi connectivity index (χ2n) is 3.02. The van der Waals surface area contributed by atoms with Gasteiger partial charge in [-0.1, -0.05) is 20.7 Å². The molecule has 0 saturated carbocycles. The number of alkyl carbamates (subject to hydrolysis) is 1. The van der Waals surface area contributed by atoms with E-state index in [9.17, 15) is 9.59 Å². The summed E-state index contributed by atoms with van der Waals surface area (Å²) < 4.78 is 26.3. The molecule has 2 N–H and O–H groups in total. The Kier molecular flexibility index (Phi) is 2.27. The lowest BCUT2D eigenvalue weighted by Crippen LogP contribution is -2.49. The van der Waals surface area contributed by atoms with Crippen molar-refractivity contribution in [2.24, 2.45) is 5.41 Å². The fourth-order valence-electron chi connectivity index (χ4n) is 0.643. The molecule has 0 spiro atoms. The van der Waals surface area contributed by atoms with Crippen molar-refractivity contribution >= 4 is 12.1 Å². The van der Waals surface area contributed by atoms with E-state index in [0.717, 1.165) is 7.11 Å². The smallest absolute Gasteiger partial charge is 0.407 e. The van der Waals surface area contributed by atoms with Gasteiger partial charge in [0.2, 0.25) is 0 Å². The molecule has 0 saturated heterocycles. The largest absolute Gasteiger partial charge is 0.480 e. The summed E-state index contributed by atoms with van der Waals surface area (Å²) in [5.74, 6) is -1.65. The summed E-state index contributed by atoms with van der Waals surface area (Å²) in [6.07, 6.45) is -1.09. The Balaban J connectivity index is 5.27. The molecule has 0 aromatic heterocycles. The maximum absolute atomic E-state index is 11.0. The molecule has 0 aromatic carbocycles. The summed E-state index contributed by atoms with van der Waals surface area (Å²) in [6, 6.07) is -2.49. The van der Waals surface area contributed by atoms with Crippen molar-refractivity contribution < 1.29 is 23.5 Å². The number of aliphatic carboxylic acids is 1. The van der Waals surface area contributed by atoms with Crippen molar-refractivity contribution in [2.75, 3.05) is 7.11 Å². The topological polar surface area (TPSA) is 75.6 Å². The normalized spacial score (nSPS) is 19.2. The van der Waals surface area contributed by atoms with Gasteiger partial charge in [0.1, 0.15) is 6.02 Å². The first-order chi connectivity index (χ1) is 7.09. The van der Waals surface area contributed by atoms with Crippen LogP contribution < -0.4 is 5.32 Å². The molecule has 5 heteroatoms. The van der Waals surface area contributed by atoms with Gasteiger partial charge in [-0.25, -0.2) is 9.59 Å². The second-order valence-corrected chi connectivity index (χ2v) is 3.02. The van der Waals surface area contributed by atoms with Crippen molar-refractivity contribution in [1.82, 2.24) is 5.32 Å². The maximum atomic E-state index is 11.0. The van der Waals surface area contributed by atoms with Crippen LogP contribution in [0.4, 0.5) is 4.79 Å². The average molecular weight is 192 g/mol. The summed E-state index contributed by atoms with van der Waals surface area (Å²) in [7, 11) is 1.03. The third kappa shape index (κ3) is 3.78. The van der Waals surface area contributed by atoms with Crippen LogP contribution in [0.5, 0.6) is 0 Å². The number of carbonyl (C=O) groups is 2. The quantitative estimate of drug-likeness (QED) is 0.679. The molecular weight excluding hydrogens is 174 g/mol. The first kappa shape index (κ1) is 7.17. The van der Waals surface area contributed by atoms with Crippen LogP contribution in [0.25, 0.3) is 0 Å². The van der Waals surface area contributed by atoms with Gasteiger partial charge in [-0.2, -0.15) is 0 Å². The summed E-state index contributed by atoms with van der Waals surface area (Å²) in [5, 5.41) is 10.8. The summed E-state index contributed by atoms with van der Waals surface area (Å²) in [6.45, 7) is 0.891. The minimum absolute atomic E-state index is 1.03. The Labute approximate surface area is 81.3 Å². The van der Waals surface area contributed by atoms with Gasteiger partial charge in [-0.3, -0.25) is 0 Å². The summed E-state index contributed by atoms with van der Waals surface area (Å²) in [4.78, 5) is 22.0. The van der Waals surface area contributed by atoms with Gasteiger partial charge in [0.15, 0.2) is 0 Å². The second kappa shape index (κ2) is 4.11. The maximum Gasteiger partial charge on any atom is 0.407 e. The highest BCUT2D eigenvalue weighted by Gasteiger charge is 2.32. The predicted octanol–water partition coefficient (Wildman–Crippen LogP) is 0.842. The van der Waals surface area contributed by atoms with E-state index < -0.39 is 30.4 Å². The van der Waals surface area contributed by atoms with Crippen LogP contribution in [-0.2, 0) is 9.53 Å². The number of hydrogen-bond donors (Lipinski definition) is 2. The number of carbonyl (C=O) groups excluding carboxylic acids is 1. The van der Waals surface area contributed by atoms with Crippen molar-refractivity contribution in [3.05, 3.63) is 0 Å². The van der Waals surface area contributed by atoms with Crippen LogP contribution in [0, 0.1) is 5.41 Å². The minimum atomic E-state index is -2.49. The third-order valence-electron chi connectivity index (χ3n) is 1.27. The zero-order chi connectivity index (χ0) is 13.1.